The first-order valence-corrected chi connectivity index (χ1v) is 17.2. The van der Waals surface area contributed by atoms with E-state index in [4.69, 9.17) is 30.5 Å². The van der Waals surface area contributed by atoms with E-state index in [2.05, 4.69) is 99.6 Å². The molecule has 0 aromatic heterocycles. The summed E-state index contributed by atoms with van der Waals surface area (Å²) in [6.07, 6.45) is 12.0. The predicted octanol–water partition coefficient (Wildman–Crippen LogP) is 9.25. The van der Waals surface area contributed by atoms with E-state index in [1.54, 1.807) is 28.4 Å². The van der Waals surface area contributed by atoms with Crippen LogP contribution in [0.25, 0.3) is 0 Å². The highest BCUT2D eigenvalue weighted by atomic mass is 35.5. The fourth-order valence-corrected chi connectivity index (χ4v) is 8.01. The molecule has 2 aliphatic heterocycles. The van der Waals surface area contributed by atoms with Gasteiger partial charge in [-0.05, 0) is 94.0 Å². The van der Waals surface area contributed by atoms with Gasteiger partial charge in [0, 0.05) is 54.1 Å². The Kier molecular flexibility index (Phi) is 10.5. The molecule has 2 heterocycles. The van der Waals surface area contributed by atoms with Crippen LogP contribution in [0.1, 0.15) is 83.1 Å². The van der Waals surface area contributed by atoms with Crippen molar-refractivity contribution in [1.82, 2.24) is 0 Å². The van der Waals surface area contributed by atoms with Crippen LogP contribution in [0.15, 0.2) is 70.4 Å². The van der Waals surface area contributed by atoms with Gasteiger partial charge in [-0.2, -0.15) is 4.58 Å². The van der Waals surface area contributed by atoms with Crippen molar-refractivity contribution in [3.05, 3.63) is 92.7 Å². The summed E-state index contributed by atoms with van der Waals surface area (Å²) >= 11 is 7.22. The molecular weight excluding hydrogens is 608 g/mol. The van der Waals surface area contributed by atoms with Crippen molar-refractivity contribution >= 4 is 28.7 Å². The van der Waals surface area contributed by atoms with Gasteiger partial charge in [0.1, 0.15) is 18.0 Å². The number of allylic oxidation sites excluding steroid dienone is 8. The van der Waals surface area contributed by atoms with Crippen molar-refractivity contribution < 1.29 is 23.5 Å². The van der Waals surface area contributed by atoms with Crippen molar-refractivity contribution in [3.8, 4) is 11.5 Å². The van der Waals surface area contributed by atoms with Crippen LogP contribution in [-0.2, 0) is 33.5 Å². The minimum atomic E-state index is -0.208. The normalized spacial score (nSPS) is 20.2. The van der Waals surface area contributed by atoms with Crippen LogP contribution in [0.4, 0.5) is 11.4 Å². The molecule has 47 heavy (non-hydrogen) atoms. The molecular formula is C40H52ClN2O4+. The van der Waals surface area contributed by atoms with Gasteiger partial charge in [0.15, 0.2) is 5.71 Å². The number of halogens is 1. The Labute approximate surface area is 287 Å². The summed E-state index contributed by atoms with van der Waals surface area (Å²) in [7, 11) is 6.94. The molecule has 0 fully saturated rings. The largest absolute Gasteiger partial charge is 0.497 e. The number of rotatable bonds is 11. The van der Waals surface area contributed by atoms with E-state index in [9.17, 15) is 0 Å². The lowest BCUT2D eigenvalue weighted by Gasteiger charge is -2.26. The third-order valence-electron chi connectivity index (χ3n) is 10.1. The molecule has 2 aromatic rings. The summed E-state index contributed by atoms with van der Waals surface area (Å²) in [4.78, 5) is 2.42. The highest BCUT2D eigenvalue weighted by Crippen LogP contribution is 2.51. The lowest BCUT2D eigenvalue weighted by molar-refractivity contribution is -0.433. The number of fused-ring (bicyclic) bond motifs is 2. The minimum Gasteiger partial charge on any atom is -0.497 e. The first-order chi connectivity index (χ1) is 22.5. The summed E-state index contributed by atoms with van der Waals surface area (Å²) in [5.41, 5.74) is 11.7. The molecule has 3 aliphatic rings. The first-order valence-electron chi connectivity index (χ1n) is 16.8. The summed E-state index contributed by atoms with van der Waals surface area (Å²) < 4.78 is 25.0. The van der Waals surface area contributed by atoms with Gasteiger partial charge in [0.25, 0.3) is 0 Å². The number of anilines is 1. The number of nitrogens with zero attached hydrogens (tertiary/aromatic N) is 2. The number of methoxy groups -OCH3 is 4. The molecule has 1 aliphatic carbocycles. The molecule has 7 heteroatoms. The Morgan fingerprint density at radius 3 is 2.06 bits per heavy atom. The van der Waals surface area contributed by atoms with E-state index in [0.717, 1.165) is 60.0 Å². The zero-order valence-electron chi connectivity index (χ0n) is 30.0. The van der Waals surface area contributed by atoms with E-state index >= 15 is 0 Å². The van der Waals surface area contributed by atoms with E-state index in [-0.39, 0.29) is 10.8 Å². The average molecular weight is 660 g/mol. The number of likely N-dealkylation sites (N-methyl/N-ethyl adjacent to an activating group) is 1. The van der Waals surface area contributed by atoms with E-state index in [1.807, 2.05) is 0 Å². The third kappa shape index (κ3) is 6.21. The molecule has 5 rings (SSSR count). The van der Waals surface area contributed by atoms with Crippen molar-refractivity contribution in [2.75, 3.05) is 46.4 Å². The number of benzene rings is 2. The fourth-order valence-electron chi connectivity index (χ4n) is 7.70. The molecule has 252 valence electrons. The van der Waals surface area contributed by atoms with Crippen molar-refractivity contribution in [1.29, 1.82) is 0 Å². The minimum absolute atomic E-state index is 0.208. The van der Waals surface area contributed by atoms with Gasteiger partial charge in [0.05, 0.1) is 44.1 Å². The van der Waals surface area contributed by atoms with Gasteiger partial charge in [-0.1, -0.05) is 37.6 Å². The van der Waals surface area contributed by atoms with Crippen molar-refractivity contribution in [3.63, 3.8) is 0 Å². The quantitative estimate of drug-likeness (QED) is 0.225. The highest BCUT2D eigenvalue weighted by Gasteiger charge is 2.46. The maximum Gasteiger partial charge on any atom is 0.215 e. The van der Waals surface area contributed by atoms with Crippen LogP contribution in [0, 0.1) is 0 Å². The number of hydrogen-bond donors (Lipinski definition) is 0. The second kappa shape index (κ2) is 14.0. The van der Waals surface area contributed by atoms with Crippen molar-refractivity contribution in [2.24, 2.45) is 0 Å². The number of ether oxygens (including phenoxy) is 4. The van der Waals surface area contributed by atoms with Gasteiger partial charge >= 0.3 is 0 Å². The highest BCUT2D eigenvalue weighted by molar-refractivity contribution is 6.32. The summed E-state index contributed by atoms with van der Waals surface area (Å²) in [5, 5.41) is 0.862. The standard InChI is InChI=1S/C40H52ClN2O4/c1-11-42-34(39(3,4)32-22-30(46-9)20-28(24-44-7)37(32)42)18-16-26-14-13-15-27(36(26)41)17-19-35-40(5,6)33-23-31(47-10)21-29(25-45-8)38(33)43(35)12-2/h16-23H,11-15,24-25H2,1-10H3/q+1. The molecule has 0 saturated carbocycles. The van der Waals surface area contributed by atoms with Crippen molar-refractivity contribution in [2.45, 2.75) is 84.8 Å². The van der Waals surface area contributed by atoms with Crippen LogP contribution < -0.4 is 14.4 Å². The van der Waals surface area contributed by atoms with E-state index < -0.39 is 0 Å². The third-order valence-corrected chi connectivity index (χ3v) is 10.6. The Morgan fingerprint density at radius 1 is 0.809 bits per heavy atom. The number of hydrogen-bond acceptors (Lipinski definition) is 5. The van der Waals surface area contributed by atoms with Gasteiger partial charge in [-0.15, -0.1) is 0 Å². The summed E-state index contributed by atoms with van der Waals surface area (Å²) in [6.45, 7) is 16.4. The van der Waals surface area contributed by atoms with Gasteiger partial charge < -0.3 is 23.8 Å². The Balaban J connectivity index is 1.52. The average Bonchev–Trinajstić information content (AvgIpc) is 3.41. The summed E-state index contributed by atoms with van der Waals surface area (Å²) in [6, 6.07) is 8.54. The van der Waals surface area contributed by atoms with Crippen LogP contribution in [0.3, 0.4) is 0 Å². The molecule has 0 bridgehead atoms. The van der Waals surface area contributed by atoms with E-state index in [1.165, 1.54) is 45.1 Å². The maximum absolute atomic E-state index is 7.22. The topological polar surface area (TPSA) is 43.2 Å². The SMILES string of the molecule is CCN1/C(=C\C=C2/CCCC(/C=C/C3=[N+](CC)c4c(COC)cc(OC)cc4C3(C)C)=C2Cl)C(C)(C)c2cc(OC)cc(COC)c21. The smallest absolute Gasteiger partial charge is 0.215 e. The monoisotopic (exact) mass is 659 g/mol. The lowest BCUT2D eigenvalue weighted by atomic mass is 9.80. The Bertz CT molecular complexity index is 1690. The second-order valence-electron chi connectivity index (χ2n) is 13.6. The zero-order chi connectivity index (χ0) is 34.1. The molecule has 0 atom stereocenters. The predicted molar refractivity (Wildman–Crippen MR) is 194 cm³/mol. The molecule has 0 N–H and O–H groups in total. The van der Waals surface area contributed by atoms with Crippen LogP contribution >= 0.6 is 11.6 Å². The maximum atomic E-state index is 7.22. The summed E-state index contributed by atoms with van der Waals surface area (Å²) in [5.74, 6) is 1.72. The molecule has 2 aromatic carbocycles. The van der Waals surface area contributed by atoms with Gasteiger partial charge in [0.2, 0.25) is 5.69 Å². The fraction of sp³-hybridized carbons (Fsp3) is 0.475. The van der Waals surface area contributed by atoms with Crippen LogP contribution in [0.2, 0.25) is 0 Å². The molecule has 0 spiro atoms. The molecule has 0 unspecified atom stereocenters. The second-order valence-corrected chi connectivity index (χ2v) is 14.0. The Morgan fingerprint density at radius 2 is 1.45 bits per heavy atom. The lowest BCUT2D eigenvalue weighted by Crippen LogP contribution is -2.27. The van der Waals surface area contributed by atoms with Crippen LogP contribution in [0.5, 0.6) is 11.5 Å². The zero-order valence-corrected chi connectivity index (χ0v) is 30.7. The van der Waals surface area contributed by atoms with E-state index in [0.29, 0.717) is 13.2 Å². The molecule has 0 radical (unpaired) electrons. The molecule has 6 nitrogen and oxygen atoms in total. The Hall–Kier alpha value is -3.32. The first kappa shape index (κ1) is 35.0. The van der Waals surface area contributed by atoms with Gasteiger partial charge in [-0.25, -0.2) is 0 Å². The van der Waals surface area contributed by atoms with Gasteiger partial charge in [-0.3, -0.25) is 0 Å². The molecule has 0 saturated heterocycles. The van der Waals surface area contributed by atoms with Crippen LogP contribution in [-0.4, -0.2) is 51.8 Å². The molecule has 0 amide bonds.